The molecule has 1 aliphatic rings. The number of carbonyl (C=O) groups excluding carboxylic acids is 1. The Labute approximate surface area is 103 Å². The Balaban J connectivity index is 1.92. The lowest BCUT2D eigenvalue weighted by Gasteiger charge is -2.23. The molecule has 0 amide bonds. The highest BCUT2D eigenvalue weighted by atomic mass is 16.1. The van der Waals surface area contributed by atoms with Crippen molar-refractivity contribution in [1.82, 2.24) is 0 Å². The molecule has 0 radical (unpaired) electrons. The molecule has 17 heavy (non-hydrogen) atoms. The highest BCUT2D eigenvalue weighted by Gasteiger charge is 2.18. The van der Waals surface area contributed by atoms with Crippen LogP contribution in [0.3, 0.4) is 0 Å². The first-order valence-corrected chi connectivity index (χ1v) is 6.53. The van der Waals surface area contributed by atoms with Gasteiger partial charge in [0.05, 0.1) is 0 Å². The van der Waals surface area contributed by atoms with Gasteiger partial charge in [-0.3, -0.25) is 4.79 Å². The molecule has 92 valence electrons. The maximum atomic E-state index is 11.2. The Kier molecular flexibility index (Phi) is 3.82. The van der Waals surface area contributed by atoms with Crippen molar-refractivity contribution >= 4 is 11.5 Å². The molecule has 0 aliphatic heterocycles. The monoisotopic (exact) mass is 231 g/mol. The van der Waals surface area contributed by atoms with Crippen LogP contribution in [0.1, 0.15) is 51.0 Å². The molecular weight excluding hydrogens is 210 g/mol. The van der Waals surface area contributed by atoms with Crippen molar-refractivity contribution in [3.05, 3.63) is 29.8 Å². The number of benzene rings is 1. The van der Waals surface area contributed by atoms with Gasteiger partial charge in [0.2, 0.25) is 0 Å². The van der Waals surface area contributed by atoms with Crippen LogP contribution in [-0.2, 0) is 4.79 Å². The molecule has 0 aromatic heterocycles. The summed E-state index contributed by atoms with van der Waals surface area (Å²) in [5.74, 6) is 0.995. The minimum absolute atomic E-state index is 0.415. The summed E-state index contributed by atoms with van der Waals surface area (Å²) in [6, 6.07) is 9.12. The third-order valence-corrected chi connectivity index (χ3v) is 3.49. The molecule has 0 atom stereocenters. The molecule has 0 unspecified atom stereocenters. The largest absolute Gasteiger partial charge is 0.382 e. The Hall–Kier alpha value is -1.31. The lowest BCUT2D eigenvalue weighted by Crippen LogP contribution is -2.25. The van der Waals surface area contributed by atoms with Crippen molar-refractivity contribution in [2.24, 2.45) is 0 Å². The minimum Gasteiger partial charge on any atom is -0.382 e. The van der Waals surface area contributed by atoms with Gasteiger partial charge in [0.1, 0.15) is 5.78 Å². The van der Waals surface area contributed by atoms with E-state index in [9.17, 15) is 4.79 Å². The first-order chi connectivity index (χ1) is 8.15. The van der Waals surface area contributed by atoms with Gasteiger partial charge in [-0.2, -0.15) is 0 Å². The van der Waals surface area contributed by atoms with Gasteiger partial charge in [0.15, 0.2) is 0 Å². The molecule has 0 saturated heterocycles. The Bertz CT molecular complexity index is 370. The predicted molar refractivity (Wildman–Crippen MR) is 71.4 cm³/mol. The van der Waals surface area contributed by atoms with Crippen molar-refractivity contribution in [2.45, 2.75) is 51.5 Å². The second-order valence-corrected chi connectivity index (χ2v) is 5.23. The van der Waals surface area contributed by atoms with Crippen LogP contribution < -0.4 is 5.32 Å². The molecule has 1 aromatic rings. The number of anilines is 1. The predicted octanol–water partition coefficient (Wildman–Crippen LogP) is 3.73. The first kappa shape index (κ1) is 12.2. The topological polar surface area (TPSA) is 29.1 Å². The summed E-state index contributed by atoms with van der Waals surface area (Å²) in [7, 11) is 0. The van der Waals surface area contributed by atoms with Gasteiger partial charge in [0, 0.05) is 24.6 Å². The molecule has 0 heterocycles. The van der Waals surface area contributed by atoms with Crippen LogP contribution in [0, 0.1) is 0 Å². The van der Waals surface area contributed by atoms with Crippen LogP contribution in [-0.4, -0.2) is 11.8 Å². The van der Waals surface area contributed by atoms with Crippen LogP contribution in [0.15, 0.2) is 24.3 Å². The molecule has 0 bridgehead atoms. The average molecular weight is 231 g/mol. The molecule has 1 saturated carbocycles. The summed E-state index contributed by atoms with van der Waals surface area (Å²) in [5.41, 5.74) is 2.54. The van der Waals surface area contributed by atoms with Gasteiger partial charge in [-0.05, 0) is 36.5 Å². The van der Waals surface area contributed by atoms with Crippen LogP contribution in [0.5, 0.6) is 0 Å². The summed E-state index contributed by atoms with van der Waals surface area (Å²) < 4.78 is 0. The van der Waals surface area contributed by atoms with Crippen molar-refractivity contribution in [1.29, 1.82) is 0 Å². The van der Waals surface area contributed by atoms with E-state index >= 15 is 0 Å². The van der Waals surface area contributed by atoms with Crippen molar-refractivity contribution in [3.8, 4) is 0 Å². The van der Waals surface area contributed by atoms with Gasteiger partial charge >= 0.3 is 0 Å². The van der Waals surface area contributed by atoms with Gasteiger partial charge in [0.25, 0.3) is 0 Å². The molecule has 2 rings (SSSR count). The molecule has 1 N–H and O–H groups in total. The smallest absolute Gasteiger partial charge is 0.133 e. The summed E-state index contributed by atoms with van der Waals surface area (Å²) in [6.07, 6.45) is 3.43. The highest BCUT2D eigenvalue weighted by molar-refractivity contribution is 5.79. The van der Waals surface area contributed by atoms with Crippen LogP contribution in [0.25, 0.3) is 0 Å². The second-order valence-electron chi connectivity index (χ2n) is 5.23. The van der Waals surface area contributed by atoms with Gasteiger partial charge in [-0.1, -0.05) is 26.0 Å². The van der Waals surface area contributed by atoms with E-state index in [-0.39, 0.29) is 0 Å². The number of carbonyl (C=O) groups is 1. The molecule has 2 nitrogen and oxygen atoms in total. The standard InChI is InChI=1S/C15H21NO/c1-11(2)12-3-5-13(6-4-12)16-14-7-9-15(17)10-8-14/h3-6,11,14,16H,7-10H2,1-2H3. The Morgan fingerprint density at radius 1 is 1.12 bits per heavy atom. The number of ketones is 1. The maximum Gasteiger partial charge on any atom is 0.133 e. The summed E-state index contributed by atoms with van der Waals surface area (Å²) in [6.45, 7) is 4.41. The fourth-order valence-electron chi connectivity index (χ4n) is 2.28. The third kappa shape index (κ3) is 3.32. The second kappa shape index (κ2) is 5.35. The van der Waals surface area contributed by atoms with E-state index in [1.54, 1.807) is 0 Å². The molecule has 2 heteroatoms. The quantitative estimate of drug-likeness (QED) is 0.858. The summed E-state index contributed by atoms with van der Waals surface area (Å²) >= 11 is 0. The summed E-state index contributed by atoms with van der Waals surface area (Å²) in [4.78, 5) is 11.2. The molecule has 1 aromatic carbocycles. The van der Waals surface area contributed by atoms with Gasteiger partial charge in [-0.25, -0.2) is 0 Å². The van der Waals surface area contributed by atoms with Gasteiger partial charge in [-0.15, -0.1) is 0 Å². The van der Waals surface area contributed by atoms with E-state index in [4.69, 9.17) is 0 Å². The number of rotatable bonds is 3. The van der Waals surface area contributed by atoms with E-state index in [1.165, 1.54) is 11.3 Å². The number of hydrogen-bond acceptors (Lipinski definition) is 2. The lowest BCUT2D eigenvalue weighted by molar-refractivity contribution is -0.120. The van der Waals surface area contributed by atoms with E-state index in [2.05, 4.69) is 43.4 Å². The van der Waals surface area contributed by atoms with Crippen LogP contribution in [0.4, 0.5) is 5.69 Å². The van der Waals surface area contributed by atoms with E-state index in [1.807, 2.05) is 0 Å². The zero-order chi connectivity index (χ0) is 12.3. The third-order valence-electron chi connectivity index (χ3n) is 3.49. The normalized spacial score (nSPS) is 17.5. The zero-order valence-corrected chi connectivity index (χ0v) is 10.7. The van der Waals surface area contributed by atoms with Crippen molar-refractivity contribution < 1.29 is 4.79 Å². The Morgan fingerprint density at radius 3 is 2.24 bits per heavy atom. The molecule has 1 fully saturated rings. The average Bonchev–Trinajstić information content (AvgIpc) is 2.33. The van der Waals surface area contributed by atoms with E-state index in [0.717, 1.165) is 25.7 Å². The highest BCUT2D eigenvalue weighted by Crippen LogP contribution is 2.21. The van der Waals surface area contributed by atoms with Crippen LogP contribution >= 0.6 is 0 Å². The summed E-state index contributed by atoms with van der Waals surface area (Å²) in [5, 5.41) is 3.52. The van der Waals surface area contributed by atoms with Crippen molar-refractivity contribution in [2.75, 3.05) is 5.32 Å². The van der Waals surface area contributed by atoms with Crippen LogP contribution in [0.2, 0.25) is 0 Å². The SMILES string of the molecule is CC(C)c1ccc(NC2CCC(=O)CC2)cc1. The zero-order valence-electron chi connectivity index (χ0n) is 10.7. The molecular formula is C15H21NO. The van der Waals surface area contributed by atoms with Crippen molar-refractivity contribution in [3.63, 3.8) is 0 Å². The first-order valence-electron chi connectivity index (χ1n) is 6.53. The number of hydrogen-bond donors (Lipinski definition) is 1. The fraction of sp³-hybridized carbons (Fsp3) is 0.533. The minimum atomic E-state index is 0.415. The number of Topliss-reactive ketones (excluding diaryl/α,β-unsaturated/α-hetero) is 1. The Morgan fingerprint density at radius 2 is 1.71 bits per heavy atom. The maximum absolute atomic E-state index is 11.2. The molecule has 0 spiro atoms. The van der Waals surface area contributed by atoms with E-state index in [0.29, 0.717) is 17.7 Å². The van der Waals surface area contributed by atoms with Gasteiger partial charge < -0.3 is 5.32 Å². The fourth-order valence-corrected chi connectivity index (χ4v) is 2.28. The lowest BCUT2D eigenvalue weighted by atomic mass is 9.94. The number of nitrogens with one attached hydrogen (secondary N) is 1. The van der Waals surface area contributed by atoms with E-state index < -0.39 is 0 Å². The molecule has 1 aliphatic carbocycles.